The summed E-state index contributed by atoms with van der Waals surface area (Å²) >= 11 is 8.28. The van der Waals surface area contributed by atoms with Crippen LogP contribution in [-0.2, 0) is 15.6 Å². The van der Waals surface area contributed by atoms with Crippen LogP contribution < -0.4 is 0 Å². The second kappa shape index (κ2) is 14.5. The number of hydrogen-bond donors (Lipinski definition) is 1. The Morgan fingerprint density at radius 3 is 2.64 bits per heavy atom. The van der Waals surface area contributed by atoms with E-state index in [2.05, 4.69) is 46.9 Å². The van der Waals surface area contributed by atoms with Gasteiger partial charge in [0.15, 0.2) is 8.32 Å². The standard InChI is InChI=1S/C29H49ClO4SSi/c1-21-20-26(30)25(14-11-13-23-16-18-27(35-23)28(32)33-5)24(21)17-15-22(31)12-9-8-10-19-34-36(6,7)29(2,3)4/h15-18,21-22,24-26,31H,8-14,19-20H2,1-7H3/b17-15+/t21-,22+,24+,25-,26-/m1/s1. The summed E-state index contributed by atoms with van der Waals surface area (Å²) in [5, 5.41) is 11.0. The van der Waals surface area contributed by atoms with E-state index in [1.165, 1.54) is 23.3 Å². The molecule has 0 amide bonds. The molecule has 1 aromatic rings. The molecule has 206 valence electrons. The molecule has 0 radical (unpaired) electrons. The maximum Gasteiger partial charge on any atom is 0.348 e. The summed E-state index contributed by atoms with van der Waals surface area (Å²) in [6.07, 6.45) is 11.9. The number of carbonyl (C=O) groups excluding carboxylic acids is 1. The zero-order chi connectivity index (χ0) is 26.9. The second-order valence-electron chi connectivity index (χ2n) is 12.0. The van der Waals surface area contributed by atoms with E-state index in [1.54, 1.807) is 0 Å². The Bertz CT molecular complexity index is 831. The number of halogens is 1. The number of unbranched alkanes of at least 4 members (excludes halogenated alkanes) is 2. The minimum Gasteiger partial charge on any atom is -0.465 e. The van der Waals surface area contributed by atoms with Crippen LogP contribution in [0.15, 0.2) is 24.3 Å². The van der Waals surface area contributed by atoms with Crippen molar-refractivity contribution in [3.63, 3.8) is 0 Å². The molecule has 0 saturated heterocycles. The number of aryl methyl sites for hydroxylation is 1. The molecule has 1 saturated carbocycles. The number of carbonyl (C=O) groups is 1. The van der Waals surface area contributed by atoms with E-state index >= 15 is 0 Å². The van der Waals surface area contributed by atoms with Crippen LogP contribution in [0, 0.1) is 17.8 Å². The Kier molecular flexibility index (Phi) is 12.7. The van der Waals surface area contributed by atoms with Crippen molar-refractivity contribution in [3.8, 4) is 0 Å². The Labute approximate surface area is 229 Å². The number of methoxy groups -OCH3 is 1. The molecule has 0 aromatic carbocycles. The van der Waals surface area contributed by atoms with E-state index in [0.29, 0.717) is 22.6 Å². The second-order valence-corrected chi connectivity index (χ2v) is 18.6. The van der Waals surface area contributed by atoms with Gasteiger partial charge in [-0.25, -0.2) is 4.79 Å². The van der Waals surface area contributed by atoms with Crippen LogP contribution in [0.25, 0.3) is 0 Å². The van der Waals surface area contributed by atoms with Gasteiger partial charge >= 0.3 is 5.97 Å². The number of aliphatic hydroxyl groups excluding tert-OH is 1. The van der Waals surface area contributed by atoms with Crippen molar-refractivity contribution in [1.82, 2.24) is 0 Å². The minimum absolute atomic E-state index is 0.182. The van der Waals surface area contributed by atoms with Crippen molar-refractivity contribution in [1.29, 1.82) is 0 Å². The molecule has 36 heavy (non-hydrogen) atoms. The number of allylic oxidation sites excluding steroid dienone is 1. The third kappa shape index (κ3) is 9.58. The van der Waals surface area contributed by atoms with E-state index in [4.69, 9.17) is 20.8 Å². The first kappa shape index (κ1) is 31.6. The average Bonchev–Trinajstić information content (AvgIpc) is 3.37. The Morgan fingerprint density at radius 1 is 1.25 bits per heavy atom. The molecule has 0 unspecified atom stereocenters. The van der Waals surface area contributed by atoms with Gasteiger partial charge in [-0.3, -0.25) is 0 Å². The monoisotopic (exact) mass is 556 g/mol. The molecule has 1 aromatic heterocycles. The van der Waals surface area contributed by atoms with Crippen LogP contribution in [0.3, 0.4) is 0 Å². The van der Waals surface area contributed by atoms with Gasteiger partial charge in [-0.05, 0) is 86.5 Å². The average molecular weight is 557 g/mol. The highest BCUT2D eigenvalue weighted by atomic mass is 35.5. The zero-order valence-electron chi connectivity index (χ0n) is 23.5. The first-order valence-electron chi connectivity index (χ1n) is 13.7. The van der Waals surface area contributed by atoms with Gasteiger partial charge in [-0.15, -0.1) is 22.9 Å². The van der Waals surface area contributed by atoms with E-state index in [-0.39, 0.29) is 16.4 Å². The summed E-state index contributed by atoms with van der Waals surface area (Å²) in [6, 6.07) is 3.88. The highest BCUT2D eigenvalue weighted by Crippen LogP contribution is 2.44. The van der Waals surface area contributed by atoms with E-state index in [9.17, 15) is 9.90 Å². The predicted octanol–water partition coefficient (Wildman–Crippen LogP) is 8.24. The van der Waals surface area contributed by atoms with Crippen molar-refractivity contribution in [3.05, 3.63) is 34.0 Å². The fourth-order valence-corrected chi connectivity index (χ4v) is 7.45. The number of aliphatic hydroxyl groups is 1. The molecule has 0 aliphatic heterocycles. The number of alkyl halides is 1. The molecule has 2 rings (SSSR count). The normalized spacial score (nSPS) is 23.9. The maximum atomic E-state index is 11.7. The summed E-state index contributed by atoms with van der Waals surface area (Å²) in [6.45, 7) is 14.5. The van der Waals surface area contributed by atoms with Gasteiger partial charge in [0, 0.05) is 16.9 Å². The summed E-state index contributed by atoms with van der Waals surface area (Å²) < 4.78 is 11.1. The zero-order valence-corrected chi connectivity index (χ0v) is 26.1. The largest absolute Gasteiger partial charge is 0.465 e. The van der Waals surface area contributed by atoms with Gasteiger partial charge in [0.2, 0.25) is 0 Å². The number of thiophene rings is 1. The summed E-state index contributed by atoms with van der Waals surface area (Å²) in [7, 11) is -0.241. The first-order valence-corrected chi connectivity index (χ1v) is 17.8. The number of esters is 1. The van der Waals surface area contributed by atoms with Crippen LogP contribution in [0.4, 0.5) is 0 Å². The summed E-state index contributed by atoms with van der Waals surface area (Å²) in [5.74, 6) is 1.10. The van der Waals surface area contributed by atoms with E-state index in [0.717, 1.165) is 58.0 Å². The molecule has 1 N–H and O–H groups in total. The van der Waals surface area contributed by atoms with Gasteiger partial charge in [-0.1, -0.05) is 52.7 Å². The Morgan fingerprint density at radius 2 is 1.97 bits per heavy atom. The van der Waals surface area contributed by atoms with Gasteiger partial charge in [0.1, 0.15) is 4.88 Å². The lowest BCUT2D eigenvalue weighted by Gasteiger charge is -2.36. The van der Waals surface area contributed by atoms with Crippen LogP contribution in [0.5, 0.6) is 0 Å². The predicted molar refractivity (Wildman–Crippen MR) is 156 cm³/mol. The first-order chi connectivity index (χ1) is 16.9. The highest BCUT2D eigenvalue weighted by Gasteiger charge is 2.38. The lowest BCUT2D eigenvalue weighted by Crippen LogP contribution is -2.40. The number of ether oxygens (including phenoxy) is 1. The van der Waals surface area contributed by atoms with Gasteiger partial charge < -0.3 is 14.3 Å². The van der Waals surface area contributed by atoms with E-state index in [1.807, 2.05) is 18.2 Å². The highest BCUT2D eigenvalue weighted by molar-refractivity contribution is 7.13. The molecule has 1 aliphatic carbocycles. The number of rotatable bonds is 14. The Balaban J connectivity index is 1.73. The van der Waals surface area contributed by atoms with Crippen LogP contribution in [0.2, 0.25) is 18.1 Å². The van der Waals surface area contributed by atoms with Crippen molar-refractivity contribution in [2.24, 2.45) is 17.8 Å². The molecule has 5 atom stereocenters. The fraction of sp³-hybridized carbons (Fsp3) is 0.759. The third-order valence-corrected chi connectivity index (χ3v) is 14.4. The summed E-state index contributed by atoms with van der Waals surface area (Å²) in [4.78, 5) is 13.6. The molecule has 0 bridgehead atoms. The van der Waals surface area contributed by atoms with Crippen LogP contribution >= 0.6 is 22.9 Å². The molecule has 0 spiro atoms. The van der Waals surface area contributed by atoms with Crippen molar-refractivity contribution < 1.29 is 19.1 Å². The van der Waals surface area contributed by atoms with Gasteiger partial charge in [0.05, 0.1) is 13.2 Å². The lowest BCUT2D eigenvalue weighted by molar-refractivity contribution is 0.0606. The van der Waals surface area contributed by atoms with Crippen molar-refractivity contribution in [2.75, 3.05) is 13.7 Å². The van der Waals surface area contributed by atoms with Crippen LogP contribution in [0.1, 0.15) is 87.2 Å². The topological polar surface area (TPSA) is 55.8 Å². The maximum absolute atomic E-state index is 11.7. The molecule has 1 heterocycles. The molecule has 4 nitrogen and oxygen atoms in total. The van der Waals surface area contributed by atoms with Gasteiger partial charge in [0.25, 0.3) is 0 Å². The van der Waals surface area contributed by atoms with Gasteiger partial charge in [-0.2, -0.15) is 0 Å². The number of hydrogen-bond acceptors (Lipinski definition) is 5. The lowest BCUT2D eigenvalue weighted by atomic mass is 9.86. The van der Waals surface area contributed by atoms with Crippen molar-refractivity contribution in [2.45, 2.75) is 109 Å². The Hall–Kier alpha value is -0.663. The fourth-order valence-electron chi connectivity index (χ4n) is 4.82. The molecular weight excluding hydrogens is 508 g/mol. The molecule has 1 fully saturated rings. The molecule has 7 heteroatoms. The SMILES string of the molecule is COC(=O)c1ccc(CCC[C@@H]2[C@@H](/C=C/[C@@H](O)CCCCCO[Si](C)(C)C(C)(C)C)[C@H](C)C[C@H]2Cl)s1. The smallest absolute Gasteiger partial charge is 0.348 e. The quantitative estimate of drug-likeness (QED) is 0.0824. The van der Waals surface area contributed by atoms with Crippen molar-refractivity contribution >= 4 is 37.2 Å². The van der Waals surface area contributed by atoms with Crippen LogP contribution in [-0.4, -0.2) is 44.6 Å². The molecular formula is C29H49ClO4SSi. The van der Waals surface area contributed by atoms with E-state index < -0.39 is 14.4 Å². The third-order valence-electron chi connectivity index (χ3n) is 8.19. The summed E-state index contributed by atoms with van der Waals surface area (Å²) in [5.41, 5.74) is 0. The minimum atomic E-state index is -1.66. The molecule has 1 aliphatic rings.